The summed E-state index contributed by atoms with van der Waals surface area (Å²) in [5, 5.41) is 0. The van der Waals surface area contributed by atoms with Gasteiger partial charge in [-0.2, -0.15) is 0 Å². The maximum absolute atomic E-state index is 12.1. The van der Waals surface area contributed by atoms with Crippen LogP contribution in [-0.4, -0.2) is 25.2 Å². The van der Waals surface area contributed by atoms with E-state index in [2.05, 4.69) is 34.6 Å². The predicted octanol–water partition coefficient (Wildman–Crippen LogP) is 6.41. The molecular formula is C22H46O4. The van der Waals surface area contributed by atoms with Crippen LogP contribution < -0.4 is 0 Å². The third kappa shape index (κ3) is 17.8. The molecule has 0 heterocycles. The van der Waals surface area contributed by atoms with Crippen LogP contribution in [0.5, 0.6) is 0 Å². The predicted molar refractivity (Wildman–Crippen MR) is 111 cm³/mol. The van der Waals surface area contributed by atoms with E-state index < -0.39 is 0 Å². The highest BCUT2D eigenvalue weighted by Crippen LogP contribution is 2.39. The molecule has 0 spiro atoms. The maximum atomic E-state index is 12.1. The molecule has 26 heavy (non-hydrogen) atoms. The van der Waals surface area contributed by atoms with E-state index in [0.717, 1.165) is 12.8 Å². The summed E-state index contributed by atoms with van der Waals surface area (Å²) in [6.45, 7) is 23.1. The molecule has 0 radical (unpaired) electrons. The molecule has 4 heteroatoms. The van der Waals surface area contributed by atoms with E-state index >= 15 is 0 Å². The zero-order valence-corrected chi connectivity index (χ0v) is 19.5. The van der Waals surface area contributed by atoms with Crippen molar-refractivity contribution in [2.24, 2.45) is 16.7 Å². The fourth-order valence-corrected chi connectivity index (χ4v) is 2.61. The first-order chi connectivity index (χ1) is 12.0. The topological polar surface area (TPSA) is 52.6 Å². The summed E-state index contributed by atoms with van der Waals surface area (Å²) in [7, 11) is 0. The fraction of sp³-hybridized carbons (Fsp3) is 0.909. The van der Waals surface area contributed by atoms with Crippen LogP contribution in [-0.2, 0) is 19.1 Å². The zero-order valence-electron chi connectivity index (χ0n) is 19.5. The largest absolute Gasteiger partial charge is 0.465 e. The minimum absolute atomic E-state index is 0.0231. The first kappa shape index (κ1) is 29.7. The second-order valence-electron chi connectivity index (χ2n) is 7.90. The average molecular weight is 375 g/mol. The molecule has 0 amide bonds. The molecule has 0 bridgehead atoms. The highest BCUT2D eigenvalue weighted by molar-refractivity contribution is 5.70. The molecule has 2 unspecified atom stereocenters. The lowest BCUT2D eigenvalue weighted by Crippen LogP contribution is -2.28. The van der Waals surface area contributed by atoms with Crippen molar-refractivity contribution in [2.45, 2.75) is 102 Å². The first-order valence-corrected chi connectivity index (χ1v) is 10.3. The fourth-order valence-electron chi connectivity index (χ4n) is 2.61. The Hall–Kier alpha value is -1.06. The van der Waals surface area contributed by atoms with Crippen molar-refractivity contribution in [3.8, 4) is 0 Å². The Kier molecular flexibility index (Phi) is 18.4. The summed E-state index contributed by atoms with van der Waals surface area (Å²) >= 11 is 0. The Bertz CT molecular complexity index is 358. The van der Waals surface area contributed by atoms with Gasteiger partial charge in [-0.05, 0) is 17.3 Å². The Morgan fingerprint density at radius 2 is 1.27 bits per heavy atom. The second kappa shape index (κ2) is 16.1. The second-order valence-corrected chi connectivity index (χ2v) is 7.90. The number of carbonyl (C=O) groups excluding carboxylic acids is 2. The van der Waals surface area contributed by atoms with Crippen LogP contribution in [0.1, 0.15) is 102 Å². The maximum Gasteiger partial charge on any atom is 0.306 e. The van der Waals surface area contributed by atoms with Gasteiger partial charge in [0.15, 0.2) is 0 Å². The summed E-state index contributed by atoms with van der Waals surface area (Å²) in [6, 6.07) is 0. The SMILES string of the molecule is CC.CC.CCC(=O)OCC(C)COC(=O)CC(C)(CC)CC(C)(C)C. The van der Waals surface area contributed by atoms with Crippen molar-refractivity contribution in [3.63, 3.8) is 0 Å². The lowest BCUT2D eigenvalue weighted by Gasteiger charge is -2.34. The number of carbonyl (C=O) groups is 2. The molecule has 0 aromatic carbocycles. The summed E-state index contributed by atoms with van der Waals surface area (Å²) < 4.78 is 10.4. The van der Waals surface area contributed by atoms with Gasteiger partial charge in [-0.25, -0.2) is 0 Å². The van der Waals surface area contributed by atoms with Crippen molar-refractivity contribution in [3.05, 3.63) is 0 Å². The molecule has 0 aliphatic heterocycles. The summed E-state index contributed by atoms with van der Waals surface area (Å²) in [5.41, 5.74) is 0.153. The number of hydrogen-bond acceptors (Lipinski definition) is 4. The lowest BCUT2D eigenvalue weighted by atomic mass is 9.71. The van der Waals surface area contributed by atoms with E-state index in [9.17, 15) is 9.59 Å². The highest BCUT2D eigenvalue weighted by atomic mass is 16.5. The molecule has 158 valence electrons. The number of esters is 2. The van der Waals surface area contributed by atoms with Crippen LogP contribution in [0.25, 0.3) is 0 Å². The zero-order chi connectivity index (χ0) is 21.4. The van der Waals surface area contributed by atoms with Crippen molar-refractivity contribution in [2.75, 3.05) is 13.2 Å². The summed E-state index contributed by atoms with van der Waals surface area (Å²) in [4.78, 5) is 23.2. The van der Waals surface area contributed by atoms with Crippen molar-refractivity contribution in [1.29, 1.82) is 0 Å². The van der Waals surface area contributed by atoms with Gasteiger partial charge in [0.05, 0.1) is 19.6 Å². The van der Waals surface area contributed by atoms with Crippen molar-refractivity contribution >= 4 is 11.9 Å². The van der Waals surface area contributed by atoms with Gasteiger partial charge in [0.2, 0.25) is 0 Å². The highest BCUT2D eigenvalue weighted by Gasteiger charge is 2.31. The first-order valence-electron chi connectivity index (χ1n) is 10.3. The van der Waals surface area contributed by atoms with E-state index in [1.165, 1.54) is 0 Å². The molecular weight excluding hydrogens is 328 g/mol. The van der Waals surface area contributed by atoms with Gasteiger partial charge in [-0.1, -0.05) is 82.6 Å². The van der Waals surface area contributed by atoms with Gasteiger partial charge in [0.25, 0.3) is 0 Å². The van der Waals surface area contributed by atoms with Gasteiger partial charge >= 0.3 is 11.9 Å². The van der Waals surface area contributed by atoms with Crippen LogP contribution in [0.15, 0.2) is 0 Å². The molecule has 0 saturated heterocycles. The van der Waals surface area contributed by atoms with Gasteiger partial charge in [-0.15, -0.1) is 0 Å². The van der Waals surface area contributed by atoms with Crippen LogP contribution >= 0.6 is 0 Å². The molecule has 2 atom stereocenters. The van der Waals surface area contributed by atoms with Crippen molar-refractivity contribution in [1.82, 2.24) is 0 Å². The molecule has 0 aliphatic rings. The van der Waals surface area contributed by atoms with E-state index in [4.69, 9.17) is 9.47 Å². The van der Waals surface area contributed by atoms with Gasteiger partial charge in [0.1, 0.15) is 0 Å². The molecule has 4 nitrogen and oxygen atoms in total. The molecule has 0 aliphatic carbocycles. The Morgan fingerprint density at radius 3 is 1.62 bits per heavy atom. The van der Waals surface area contributed by atoms with Gasteiger partial charge in [-0.3, -0.25) is 9.59 Å². The van der Waals surface area contributed by atoms with E-state index in [0.29, 0.717) is 26.1 Å². The normalized spacial score (nSPS) is 13.8. The van der Waals surface area contributed by atoms with Crippen LogP contribution in [0, 0.1) is 16.7 Å². The molecule has 0 saturated carbocycles. The van der Waals surface area contributed by atoms with E-state index in [1.807, 2.05) is 34.6 Å². The monoisotopic (exact) mass is 374 g/mol. The Labute approximate surface area is 163 Å². The van der Waals surface area contributed by atoms with E-state index in [1.54, 1.807) is 6.92 Å². The molecule has 0 rings (SSSR count). The number of rotatable bonds is 9. The number of ether oxygens (including phenoxy) is 2. The Morgan fingerprint density at radius 1 is 0.846 bits per heavy atom. The smallest absolute Gasteiger partial charge is 0.306 e. The minimum Gasteiger partial charge on any atom is -0.465 e. The summed E-state index contributed by atoms with van der Waals surface area (Å²) in [6.07, 6.45) is 2.73. The molecule has 0 aromatic heterocycles. The summed E-state index contributed by atoms with van der Waals surface area (Å²) in [5.74, 6) is -0.362. The Balaban J connectivity index is -0.00000123. The number of hydrogen-bond donors (Lipinski definition) is 0. The quantitative estimate of drug-likeness (QED) is 0.437. The van der Waals surface area contributed by atoms with Crippen LogP contribution in [0.2, 0.25) is 0 Å². The minimum atomic E-state index is -0.220. The van der Waals surface area contributed by atoms with E-state index in [-0.39, 0.29) is 28.7 Å². The van der Waals surface area contributed by atoms with Gasteiger partial charge in [0, 0.05) is 12.3 Å². The van der Waals surface area contributed by atoms with Crippen LogP contribution in [0.3, 0.4) is 0 Å². The third-order valence-electron chi connectivity index (χ3n) is 3.73. The third-order valence-corrected chi connectivity index (χ3v) is 3.73. The molecule has 0 aromatic rings. The molecule has 0 N–H and O–H groups in total. The standard InChI is InChI=1S/C18H34O4.2C2H6/c1-8-15(19)21-11-14(3)12-22-16(20)10-18(7,9-2)13-17(4,5)6;2*1-2/h14H,8-13H2,1-7H3;2*1-2H3. The average Bonchev–Trinajstić information content (AvgIpc) is 2.59. The van der Waals surface area contributed by atoms with Crippen molar-refractivity contribution < 1.29 is 19.1 Å². The lowest BCUT2D eigenvalue weighted by molar-refractivity contribution is -0.150. The van der Waals surface area contributed by atoms with Crippen LogP contribution in [0.4, 0.5) is 0 Å². The van der Waals surface area contributed by atoms with Gasteiger partial charge < -0.3 is 9.47 Å². The molecule has 0 fully saturated rings.